The molecule has 0 aliphatic carbocycles. The third-order valence-corrected chi connectivity index (χ3v) is 3.63. The lowest BCUT2D eigenvalue weighted by atomic mass is 9.96. The number of benzene rings is 1. The van der Waals surface area contributed by atoms with Gasteiger partial charge in [-0.3, -0.25) is 4.90 Å². The van der Waals surface area contributed by atoms with Crippen molar-refractivity contribution < 1.29 is 4.74 Å². The molecule has 0 spiro atoms. The zero-order valence-electron chi connectivity index (χ0n) is 11.1. The molecule has 100 valence electrons. The Balaban J connectivity index is 2.08. The van der Waals surface area contributed by atoms with Crippen LogP contribution < -0.4 is 16.2 Å². The van der Waals surface area contributed by atoms with Gasteiger partial charge in [-0.05, 0) is 50.0 Å². The summed E-state index contributed by atoms with van der Waals surface area (Å²) in [5.41, 5.74) is 15.0. The summed E-state index contributed by atoms with van der Waals surface area (Å²) in [6.07, 6.45) is 3.28. The van der Waals surface area contributed by atoms with Gasteiger partial charge < -0.3 is 16.2 Å². The zero-order chi connectivity index (χ0) is 13.0. The van der Waals surface area contributed by atoms with Crippen molar-refractivity contribution in [3.05, 3.63) is 23.3 Å². The van der Waals surface area contributed by atoms with E-state index in [4.69, 9.17) is 16.2 Å². The van der Waals surface area contributed by atoms with Gasteiger partial charge in [-0.15, -0.1) is 0 Å². The Morgan fingerprint density at radius 1 is 1.28 bits per heavy atom. The molecule has 0 fully saturated rings. The summed E-state index contributed by atoms with van der Waals surface area (Å²) in [7, 11) is 1.72. The van der Waals surface area contributed by atoms with E-state index in [1.807, 2.05) is 12.1 Å². The summed E-state index contributed by atoms with van der Waals surface area (Å²) < 4.78 is 5.41. The van der Waals surface area contributed by atoms with E-state index in [0.29, 0.717) is 0 Å². The molecule has 1 aromatic rings. The number of unbranched alkanes of at least 4 members (excludes halogenated alkanes) is 1. The van der Waals surface area contributed by atoms with Crippen molar-refractivity contribution in [2.45, 2.75) is 25.8 Å². The maximum absolute atomic E-state index is 6.08. The molecule has 1 aliphatic rings. The SMILES string of the molecule is COc1ccc(N)c2c1CCN(CCCCN)C2. The quantitative estimate of drug-likeness (QED) is 0.611. The van der Waals surface area contributed by atoms with E-state index in [1.54, 1.807) is 7.11 Å². The molecule has 0 saturated heterocycles. The number of nitrogens with two attached hydrogens (primary N) is 2. The fourth-order valence-electron chi connectivity index (χ4n) is 2.58. The van der Waals surface area contributed by atoms with Crippen molar-refractivity contribution in [2.75, 3.05) is 32.5 Å². The van der Waals surface area contributed by atoms with E-state index in [-0.39, 0.29) is 0 Å². The van der Waals surface area contributed by atoms with Crippen LogP contribution in [0.3, 0.4) is 0 Å². The second-order valence-corrected chi connectivity index (χ2v) is 4.84. The monoisotopic (exact) mass is 249 g/mol. The third-order valence-electron chi connectivity index (χ3n) is 3.63. The van der Waals surface area contributed by atoms with Crippen LogP contribution in [0.5, 0.6) is 5.75 Å². The first-order valence-electron chi connectivity index (χ1n) is 6.63. The van der Waals surface area contributed by atoms with Gasteiger partial charge in [0.1, 0.15) is 5.75 Å². The number of rotatable bonds is 5. The largest absolute Gasteiger partial charge is 0.496 e. The molecular formula is C14H23N3O. The second-order valence-electron chi connectivity index (χ2n) is 4.84. The lowest BCUT2D eigenvalue weighted by molar-refractivity contribution is 0.247. The van der Waals surface area contributed by atoms with Gasteiger partial charge in [-0.2, -0.15) is 0 Å². The van der Waals surface area contributed by atoms with Crippen molar-refractivity contribution in [1.82, 2.24) is 4.90 Å². The normalized spacial score (nSPS) is 15.4. The molecule has 0 saturated carbocycles. The van der Waals surface area contributed by atoms with Crippen molar-refractivity contribution in [1.29, 1.82) is 0 Å². The van der Waals surface area contributed by atoms with E-state index >= 15 is 0 Å². The summed E-state index contributed by atoms with van der Waals surface area (Å²) in [6, 6.07) is 3.92. The summed E-state index contributed by atoms with van der Waals surface area (Å²) in [5, 5.41) is 0. The summed E-state index contributed by atoms with van der Waals surface area (Å²) in [6.45, 7) is 3.90. The predicted octanol–water partition coefficient (Wildman–Crippen LogP) is 1.37. The van der Waals surface area contributed by atoms with Crippen LogP contribution in [0.1, 0.15) is 24.0 Å². The van der Waals surface area contributed by atoms with Gasteiger partial charge in [0.2, 0.25) is 0 Å². The highest BCUT2D eigenvalue weighted by atomic mass is 16.5. The van der Waals surface area contributed by atoms with E-state index in [9.17, 15) is 0 Å². The number of anilines is 1. The lowest BCUT2D eigenvalue weighted by Crippen LogP contribution is -2.32. The Morgan fingerprint density at radius 2 is 2.11 bits per heavy atom. The molecule has 1 aromatic carbocycles. The molecule has 18 heavy (non-hydrogen) atoms. The molecular weight excluding hydrogens is 226 g/mol. The van der Waals surface area contributed by atoms with Crippen molar-refractivity contribution in [2.24, 2.45) is 5.73 Å². The predicted molar refractivity (Wildman–Crippen MR) is 74.7 cm³/mol. The molecule has 0 unspecified atom stereocenters. The van der Waals surface area contributed by atoms with Crippen LogP contribution in [-0.4, -0.2) is 31.6 Å². The summed E-state index contributed by atoms with van der Waals surface area (Å²) in [5.74, 6) is 0.973. The number of nitrogen functional groups attached to an aromatic ring is 1. The van der Waals surface area contributed by atoms with Gasteiger partial charge in [0, 0.05) is 24.3 Å². The van der Waals surface area contributed by atoms with Crippen LogP contribution in [0.4, 0.5) is 5.69 Å². The first kappa shape index (κ1) is 13.2. The first-order valence-corrected chi connectivity index (χ1v) is 6.63. The Hall–Kier alpha value is -1.26. The van der Waals surface area contributed by atoms with E-state index in [1.165, 1.54) is 11.1 Å². The number of nitrogens with zero attached hydrogens (tertiary/aromatic N) is 1. The Bertz CT molecular complexity index is 406. The topological polar surface area (TPSA) is 64.5 Å². The molecule has 0 radical (unpaired) electrons. The average Bonchev–Trinajstić information content (AvgIpc) is 2.40. The lowest BCUT2D eigenvalue weighted by Gasteiger charge is -2.30. The summed E-state index contributed by atoms with van der Waals surface area (Å²) >= 11 is 0. The molecule has 4 heteroatoms. The number of ether oxygens (including phenoxy) is 1. The Labute approximate surface area is 109 Å². The zero-order valence-corrected chi connectivity index (χ0v) is 11.1. The Morgan fingerprint density at radius 3 is 2.83 bits per heavy atom. The van der Waals surface area contributed by atoms with Gasteiger partial charge >= 0.3 is 0 Å². The third kappa shape index (κ3) is 2.76. The highest BCUT2D eigenvalue weighted by Crippen LogP contribution is 2.31. The average molecular weight is 249 g/mol. The molecule has 0 bridgehead atoms. The molecule has 1 aliphatic heterocycles. The van der Waals surface area contributed by atoms with Crippen molar-refractivity contribution >= 4 is 5.69 Å². The minimum Gasteiger partial charge on any atom is -0.496 e. The fourth-order valence-corrected chi connectivity index (χ4v) is 2.58. The van der Waals surface area contributed by atoms with Crippen LogP contribution in [0.2, 0.25) is 0 Å². The maximum Gasteiger partial charge on any atom is 0.122 e. The highest BCUT2D eigenvalue weighted by Gasteiger charge is 2.20. The van der Waals surface area contributed by atoms with Crippen LogP contribution in [-0.2, 0) is 13.0 Å². The number of fused-ring (bicyclic) bond motifs is 1. The first-order chi connectivity index (χ1) is 8.76. The van der Waals surface area contributed by atoms with E-state index < -0.39 is 0 Å². The van der Waals surface area contributed by atoms with Crippen LogP contribution in [0, 0.1) is 0 Å². The molecule has 0 atom stereocenters. The summed E-state index contributed by atoms with van der Waals surface area (Å²) in [4.78, 5) is 2.45. The fraction of sp³-hybridized carbons (Fsp3) is 0.571. The number of hydrogen-bond acceptors (Lipinski definition) is 4. The smallest absolute Gasteiger partial charge is 0.122 e. The second kappa shape index (κ2) is 6.07. The minimum atomic E-state index is 0.778. The van der Waals surface area contributed by atoms with Gasteiger partial charge in [-0.25, -0.2) is 0 Å². The number of hydrogen-bond donors (Lipinski definition) is 2. The van der Waals surface area contributed by atoms with E-state index in [2.05, 4.69) is 4.90 Å². The highest BCUT2D eigenvalue weighted by molar-refractivity contribution is 5.57. The van der Waals surface area contributed by atoms with Gasteiger partial charge in [0.15, 0.2) is 0 Å². The molecule has 2 rings (SSSR count). The molecule has 1 heterocycles. The van der Waals surface area contributed by atoms with Crippen LogP contribution in [0.15, 0.2) is 12.1 Å². The molecule has 4 N–H and O–H groups in total. The molecule has 4 nitrogen and oxygen atoms in total. The van der Waals surface area contributed by atoms with Crippen LogP contribution in [0.25, 0.3) is 0 Å². The van der Waals surface area contributed by atoms with Gasteiger partial charge in [0.25, 0.3) is 0 Å². The Kier molecular flexibility index (Phi) is 4.44. The maximum atomic E-state index is 6.08. The van der Waals surface area contributed by atoms with Gasteiger partial charge in [-0.1, -0.05) is 0 Å². The molecule has 0 aromatic heterocycles. The molecule has 0 amide bonds. The minimum absolute atomic E-state index is 0.778. The number of methoxy groups -OCH3 is 1. The van der Waals surface area contributed by atoms with Crippen molar-refractivity contribution in [3.63, 3.8) is 0 Å². The van der Waals surface area contributed by atoms with E-state index in [0.717, 1.165) is 56.9 Å². The van der Waals surface area contributed by atoms with Crippen molar-refractivity contribution in [3.8, 4) is 5.75 Å². The van der Waals surface area contributed by atoms with Gasteiger partial charge in [0.05, 0.1) is 7.11 Å². The standard InChI is InChI=1S/C14H23N3O/c1-18-14-5-4-13(16)12-10-17(8-3-2-7-15)9-6-11(12)14/h4-5H,2-3,6-10,15-16H2,1H3. The van der Waals surface area contributed by atoms with Crippen LogP contribution >= 0.6 is 0 Å².